The molecule has 2 N–H and O–H groups in total. The smallest absolute Gasteiger partial charge is 0.253 e. The number of amides is 1. The van der Waals surface area contributed by atoms with Gasteiger partial charge in [-0.05, 0) is 24.7 Å². The number of carbonyl (C=O) groups excluding carboxylic acids is 1. The number of hydrogen-bond acceptors (Lipinski definition) is 4. The minimum atomic E-state index is 0.000327. The number of thioether (sulfide) groups is 1. The molecule has 0 radical (unpaired) electrons. The second kappa shape index (κ2) is 6.80. The summed E-state index contributed by atoms with van der Waals surface area (Å²) in [5, 5.41) is 6.75. The molecule has 1 heterocycles. The molecule has 5 heteroatoms. The van der Waals surface area contributed by atoms with E-state index in [-0.39, 0.29) is 5.91 Å². The van der Waals surface area contributed by atoms with Crippen LogP contribution in [-0.4, -0.2) is 35.0 Å². The van der Waals surface area contributed by atoms with Crippen LogP contribution in [0.3, 0.4) is 0 Å². The number of carbonyl (C=O) groups is 1. The first kappa shape index (κ1) is 14.2. The molecule has 2 atom stereocenters. The molecule has 1 aliphatic rings. The normalized spacial score (nSPS) is 22.2. The maximum atomic E-state index is 12.3. The standard InChI is InChI=1S/C14H21N3OS/c1-3-19-13-6-4-5-11(13)17-14(18)10-7-8-16-9-12(10)15-2/h7-9,11,13,15H,3-6H2,1-2H3,(H,17,18). The summed E-state index contributed by atoms with van der Waals surface area (Å²) >= 11 is 1.95. The Kier molecular flexibility index (Phi) is 5.07. The average Bonchev–Trinajstić information content (AvgIpc) is 2.86. The molecule has 0 aliphatic heterocycles. The molecule has 2 unspecified atom stereocenters. The van der Waals surface area contributed by atoms with E-state index in [2.05, 4.69) is 22.5 Å². The van der Waals surface area contributed by atoms with Crippen LogP contribution in [0.25, 0.3) is 0 Å². The van der Waals surface area contributed by atoms with Gasteiger partial charge in [0.05, 0.1) is 17.4 Å². The summed E-state index contributed by atoms with van der Waals surface area (Å²) in [7, 11) is 1.80. The highest BCUT2D eigenvalue weighted by atomic mass is 32.2. The highest BCUT2D eigenvalue weighted by molar-refractivity contribution is 7.99. The number of rotatable bonds is 5. The average molecular weight is 279 g/mol. The van der Waals surface area contributed by atoms with Crippen molar-refractivity contribution in [1.29, 1.82) is 0 Å². The molecule has 1 aromatic rings. The monoisotopic (exact) mass is 279 g/mol. The summed E-state index contributed by atoms with van der Waals surface area (Å²) in [6.07, 6.45) is 6.84. The zero-order valence-electron chi connectivity index (χ0n) is 11.5. The molecule has 104 valence electrons. The predicted octanol–water partition coefficient (Wildman–Crippen LogP) is 2.53. The molecule has 1 fully saturated rings. The zero-order chi connectivity index (χ0) is 13.7. The molecule has 0 aromatic carbocycles. The van der Waals surface area contributed by atoms with Gasteiger partial charge in [-0.3, -0.25) is 9.78 Å². The Balaban J connectivity index is 2.04. The summed E-state index contributed by atoms with van der Waals surface area (Å²) in [5.41, 5.74) is 1.45. The third-order valence-corrected chi connectivity index (χ3v) is 4.81. The molecule has 19 heavy (non-hydrogen) atoms. The van der Waals surface area contributed by atoms with Crippen molar-refractivity contribution in [2.75, 3.05) is 18.1 Å². The van der Waals surface area contributed by atoms with E-state index in [4.69, 9.17) is 0 Å². The molecule has 1 saturated carbocycles. The van der Waals surface area contributed by atoms with Gasteiger partial charge >= 0.3 is 0 Å². The van der Waals surface area contributed by atoms with E-state index in [1.165, 1.54) is 12.8 Å². The number of aromatic nitrogens is 1. The highest BCUT2D eigenvalue weighted by Gasteiger charge is 2.29. The second-order valence-electron chi connectivity index (χ2n) is 4.68. The minimum Gasteiger partial charge on any atom is -0.386 e. The molecular weight excluding hydrogens is 258 g/mol. The molecular formula is C14H21N3OS. The van der Waals surface area contributed by atoms with Crippen molar-refractivity contribution >= 4 is 23.4 Å². The van der Waals surface area contributed by atoms with Crippen LogP contribution in [0.2, 0.25) is 0 Å². The number of anilines is 1. The maximum Gasteiger partial charge on any atom is 0.253 e. The van der Waals surface area contributed by atoms with Crippen molar-refractivity contribution in [2.45, 2.75) is 37.5 Å². The van der Waals surface area contributed by atoms with Gasteiger partial charge in [0.1, 0.15) is 0 Å². The lowest BCUT2D eigenvalue weighted by molar-refractivity contribution is 0.0939. The number of nitrogens with zero attached hydrogens (tertiary/aromatic N) is 1. The van der Waals surface area contributed by atoms with E-state index in [1.54, 1.807) is 25.5 Å². The van der Waals surface area contributed by atoms with Crippen LogP contribution in [0.4, 0.5) is 5.69 Å². The third kappa shape index (κ3) is 3.41. The second-order valence-corrected chi connectivity index (χ2v) is 6.19. The van der Waals surface area contributed by atoms with E-state index in [1.807, 2.05) is 11.8 Å². The topological polar surface area (TPSA) is 54.0 Å². The quantitative estimate of drug-likeness (QED) is 0.869. The van der Waals surface area contributed by atoms with Gasteiger partial charge in [0, 0.05) is 24.5 Å². The van der Waals surface area contributed by atoms with Crippen LogP contribution in [0.1, 0.15) is 36.5 Å². The molecule has 0 spiro atoms. The summed E-state index contributed by atoms with van der Waals surface area (Å²) in [5.74, 6) is 1.11. The molecule has 1 aliphatic carbocycles. The number of hydrogen-bond donors (Lipinski definition) is 2. The molecule has 4 nitrogen and oxygen atoms in total. The highest BCUT2D eigenvalue weighted by Crippen LogP contribution is 2.30. The fraction of sp³-hybridized carbons (Fsp3) is 0.571. The Morgan fingerprint density at radius 2 is 2.37 bits per heavy atom. The van der Waals surface area contributed by atoms with Crippen LogP contribution in [0, 0.1) is 0 Å². The molecule has 1 amide bonds. The van der Waals surface area contributed by atoms with Crippen molar-refractivity contribution in [2.24, 2.45) is 0 Å². The minimum absolute atomic E-state index is 0.000327. The van der Waals surface area contributed by atoms with Gasteiger partial charge in [0.25, 0.3) is 5.91 Å². The Labute approximate surface area is 118 Å². The van der Waals surface area contributed by atoms with E-state index < -0.39 is 0 Å². The summed E-state index contributed by atoms with van der Waals surface area (Å²) in [6, 6.07) is 2.06. The summed E-state index contributed by atoms with van der Waals surface area (Å²) in [4.78, 5) is 16.4. The largest absolute Gasteiger partial charge is 0.386 e. The molecule has 0 saturated heterocycles. The fourth-order valence-electron chi connectivity index (χ4n) is 2.54. The lowest BCUT2D eigenvalue weighted by Gasteiger charge is -2.20. The lowest BCUT2D eigenvalue weighted by atomic mass is 10.2. The van der Waals surface area contributed by atoms with Gasteiger partial charge in [0.15, 0.2) is 0 Å². The lowest BCUT2D eigenvalue weighted by Crippen LogP contribution is -2.39. The summed E-state index contributed by atoms with van der Waals surface area (Å²) in [6.45, 7) is 2.17. The van der Waals surface area contributed by atoms with Gasteiger partial charge < -0.3 is 10.6 Å². The van der Waals surface area contributed by atoms with Gasteiger partial charge in [-0.25, -0.2) is 0 Å². The predicted molar refractivity (Wildman–Crippen MR) is 80.8 cm³/mol. The van der Waals surface area contributed by atoms with Crippen LogP contribution >= 0.6 is 11.8 Å². The number of pyridine rings is 1. The van der Waals surface area contributed by atoms with E-state index in [0.29, 0.717) is 16.9 Å². The van der Waals surface area contributed by atoms with Crippen LogP contribution in [0.5, 0.6) is 0 Å². The van der Waals surface area contributed by atoms with Crippen molar-refractivity contribution < 1.29 is 4.79 Å². The SMILES string of the molecule is CCSC1CCCC1NC(=O)c1ccncc1NC. The van der Waals surface area contributed by atoms with E-state index >= 15 is 0 Å². The number of nitrogens with one attached hydrogen (secondary N) is 2. The zero-order valence-corrected chi connectivity index (χ0v) is 12.3. The Morgan fingerprint density at radius 3 is 3.11 bits per heavy atom. The van der Waals surface area contributed by atoms with Gasteiger partial charge in [-0.2, -0.15) is 11.8 Å². The molecule has 2 rings (SSSR count). The van der Waals surface area contributed by atoms with Crippen molar-refractivity contribution in [3.63, 3.8) is 0 Å². The third-order valence-electron chi connectivity index (χ3n) is 3.48. The molecule has 0 bridgehead atoms. The summed E-state index contributed by atoms with van der Waals surface area (Å²) < 4.78 is 0. The first-order chi connectivity index (χ1) is 9.26. The van der Waals surface area contributed by atoms with E-state index in [0.717, 1.165) is 17.9 Å². The van der Waals surface area contributed by atoms with Crippen molar-refractivity contribution in [3.05, 3.63) is 24.0 Å². The van der Waals surface area contributed by atoms with Gasteiger partial charge in [-0.15, -0.1) is 0 Å². The first-order valence-corrected chi connectivity index (χ1v) is 7.85. The van der Waals surface area contributed by atoms with Gasteiger partial charge in [-0.1, -0.05) is 13.3 Å². The van der Waals surface area contributed by atoms with Crippen LogP contribution in [0.15, 0.2) is 18.5 Å². The molecule has 1 aromatic heterocycles. The Bertz CT molecular complexity index is 438. The Hall–Kier alpha value is -1.23. The van der Waals surface area contributed by atoms with Crippen LogP contribution < -0.4 is 10.6 Å². The first-order valence-electron chi connectivity index (χ1n) is 6.80. The van der Waals surface area contributed by atoms with Crippen molar-refractivity contribution in [1.82, 2.24) is 10.3 Å². The Morgan fingerprint density at radius 1 is 1.53 bits per heavy atom. The fourth-order valence-corrected chi connectivity index (χ4v) is 3.74. The van der Waals surface area contributed by atoms with E-state index in [9.17, 15) is 4.79 Å². The maximum absolute atomic E-state index is 12.3. The van der Waals surface area contributed by atoms with Crippen molar-refractivity contribution in [3.8, 4) is 0 Å². The van der Waals surface area contributed by atoms with Crippen LogP contribution in [-0.2, 0) is 0 Å². The van der Waals surface area contributed by atoms with Gasteiger partial charge in [0.2, 0.25) is 0 Å².